The molecule has 1 aromatic carbocycles. The van der Waals surface area contributed by atoms with Gasteiger partial charge in [0.25, 0.3) is 0 Å². The first-order valence-corrected chi connectivity index (χ1v) is 13.7. The van der Waals surface area contributed by atoms with Crippen molar-refractivity contribution in [1.29, 1.82) is 0 Å². The zero-order valence-electron chi connectivity index (χ0n) is 17.4. The molecule has 31 heavy (non-hydrogen) atoms. The number of furan rings is 1. The highest BCUT2D eigenvalue weighted by Crippen LogP contribution is 2.19. The van der Waals surface area contributed by atoms with Crippen molar-refractivity contribution >= 4 is 68.9 Å². The maximum absolute atomic E-state index is 5.88. The van der Waals surface area contributed by atoms with Gasteiger partial charge >= 0.3 is 0 Å². The van der Waals surface area contributed by atoms with Gasteiger partial charge in [0.2, 0.25) is 9.60 Å². The molecule has 0 N–H and O–H groups in total. The molecule has 3 heterocycles. The number of hydrogen-bond donors (Lipinski definition) is 0. The average molecular weight is 513 g/mol. The van der Waals surface area contributed by atoms with Gasteiger partial charge in [-0.25, -0.2) is 9.98 Å². The minimum Gasteiger partial charge on any atom is -0.467 e. The van der Waals surface area contributed by atoms with Gasteiger partial charge in [-0.05, 0) is 71.7 Å². The highest BCUT2D eigenvalue weighted by Gasteiger charge is 2.01. The Morgan fingerprint density at radius 3 is 2.16 bits per heavy atom. The van der Waals surface area contributed by atoms with E-state index in [4.69, 9.17) is 16.0 Å². The topological polar surface area (TPSA) is 70.1 Å². The Morgan fingerprint density at radius 1 is 0.903 bits per heavy atom. The third-order valence-corrected chi connectivity index (χ3v) is 8.12. The third kappa shape index (κ3) is 7.54. The molecule has 0 saturated heterocycles. The Kier molecular flexibility index (Phi) is 8.79. The van der Waals surface area contributed by atoms with Crippen LogP contribution < -0.4 is 19.4 Å². The van der Waals surface area contributed by atoms with Gasteiger partial charge < -0.3 is 14.2 Å². The van der Waals surface area contributed by atoms with Crippen molar-refractivity contribution in [3.05, 3.63) is 63.0 Å². The first-order valence-electron chi connectivity index (χ1n) is 9.03. The van der Waals surface area contributed by atoms with E-state index in [1.54, 1.807) is 47.6 Å². The van der Waals surface area contributed by atoms with Crippen molar-refractivity contribution < 1.29 is 4.42 Å². The maximum Gasteiger partial charge on any atom is 0.222 e. The molecule has 7 nitrogen and oxygen atoms in total. The molecule has 0 aliphatic rings. The fraction of sp³-hybridized carbons (Fsp3) is 0.263. The SMILES string of the molecule is CN(C)c1nc(=NCc2ccco2)ss1.CN(C)c1nc(=Nc2cccc(Cl)c2)ss1. The predicted molar refractivity (Wildman–Crippen MR) is 133 cm³/mol. The van der Waals surface area contributed by atoms with E-state index in [0.29, 0.717) is 11.6 Å². The summed E-state index contributed by atoms with van der Waals surface area (Å²) in [5, 5.41) is 2.64. The van der Waals surface area contributed by atoms with Gasteiger partial charge in [-0.15, -0.1) is 0 Å². The molecule has 164 valence electrons. The number of rotatable bonds is 5. The fourth-order valence-electron chi connectivity index (χ4n) is 2.05. The first kappa shape index (κ1) is 23.6. The second-order valence-corrected chi connectivity index (χ2v) is 11.0. The molecule has 0 unspecified atom stereocenters. The normalized spacial score (nSPS) is 11.9. The van der Waals surface area contributed by atoms with Crippen LogP contribution in [0.15, 0.2) is 57.1 Å². The molecule has 0 saturated carbocycles. The zero-order valence-corrected chi connectivity index (χ0v) is 21.4. The lowest BCUT2D eigenvalue weighted by Gasteiger charge is -2.03. The molecule has 0 radical (unpaired) electrons. The Balaban J connectivity index is 0.000000176. The van der Waals surface area contributed by atoms with Crippen molar-refractivity contribution in [3.8, 4) is 0 Å². The number of halogens is 1. The summed E-state index contributed by atoms with van der Waals surface area (Å²) in [6.07, 6.45) is 1.65. The second-order valence-electron chi connectivity index (χ2n) is 6.46. The van der Waals surface area contributed by atoms with Gasteiger partial charge in [0.15, 0.2) is 10.3 Å². The summed E-state index contributed by atoms with van der Waals surface area (Å²) in [7, 11) is 14.3. The number of nitrogens with zero attached hydrogens (tertiary/aromatic N) is 6. The van der Waals surface area contributed by atoms with Crippen molar-refractivity contribution in [2.45, 2.75) is 6.54 Å². The van der Waals surface area contributed by atoms with E-state index in [1.807, 2.05) is 74.4 Å². The second kappa shape index (κ2) is 11.5. The van der Waals surface area contributed by atoms with Crippen LogP contribution in [0.4, 0.5) is 16.0 Å². The first-order chi connectivity index (χ1) is 14.9. The Hall–Kier alpha value is -2.05. The Labute approximate surface area is 200 Å². The van der Waals surface area contributed by atoms with E-state index < -0.39 is 0 Å². The van der Waals surface area contributed by atoms with Gasteiger partial charge in [0.05, 0.1) is 12.0 Å². The summed E-state index contributed by atoms with van der Waals surface area (Å²) < 4.78 is 5.19. The van der Waals surface area contributed by atoms with Gasteiger partial charge in [-0.2, -0.15) is 9.97 Å². The predicted octanol–water partition coefficient (Wildman–Crippen LogP) is 5.12. The molecule has 4 aromatic rings. The van der Waals surface area contributed by atoms with Crippen LogP contribution in [0.25, 0.3) is 0 Å². The number of benzene rings is 1. The number of hydrogen-bond acceptors (Lipinski definition) is 11. The molecule has 0 aliphatic carbocycles. The molecular weight excluding hydrogens is 492 g/mol. The van der Waals surface area contributed by atoms with Crippen molar-refractivity contribution in [1.82, 2.24) is 9.97 Å². The molecular formula is C19H21ClN6OS4. The van der Waals surface area contributed by atoms with Gasteiger partial charge in [0, 0.05) is 33.2 Å². The summed E-state index contributed by atoms with van der Waals surface area (Å²) in [4.78, 5) is 23.0. The van der Waals surface area contributed by atoms with Crippen LogP contribution >= 0.6 is 53.0 Å². The van der Waals surface area contributed by atoms with Crippen LogP contribution in [0.1, 0.15) is 5.76 Å². The lowest BCUT2D eigenvalue weighted by atomic mass is 10.3. The van der Waals surface area contributed by atoms with Gasteiger partial charge in [-0.1, -0.05) is 17.7 Å². The highest BCUT2D eigenvalue weighted by atomic mass is 35.5. The largest absolute Gasteiger partial charge is 0.467 e. The standard InChI is InChI=1S/C10H10ClN3S2.C9H11N3OS2/c1-14(2)10-13-9(15-16-10)12-8-5-3-4-7(11)6-8;1-12(2)9-11-8(14-15-9)10-6-7-4-3-5-13-7/h3-6H,1-2H3;3-5H,6H2,1-2H3. The number of aromatic nitrogens is 2. The third-order valence-electron chi connectivity index (χ3n) is 3.51. The minimum absolute atomic E-state index is 0.556. The van der Waals surface area contributed by atoms with Crippen LogP contribution in [0.5, 0.6) is 0 Å². The van der Waals surface area contributed by atoms with E-state index in [0.717, 1.165) is 31.3 Å². The molecule has 4 rings (SSSR count). The minimum atomic E-state index is 0.556. The van der Waals surface area contributed by atoms with Gasteiger partial charge in [0.1, 0.15) is 12.3 Å². The summed E-state index contributed by atoms with van der Waals surface area (Å²) >= 11 is 5.88. The van der Waals surface area contributed by atoms with E-state index in [1.165, 1.54) is 0 Å². The van der Waals surface area contributed by atoms with E-state index in [9.17, 15) is 0 Å². The van der Waals surface area contributed by atoms with Crippen molar-refractivity contribution in [2.24, 2.45) is 9.98 Å². The zero-order chi connectivity index (χ0) is 22.2. The smallest absolute Gasteiger partial charge is 0.222 e. The van der Waals surface area contributed by atoms with Crippen LogP contribution in [0, 0.1) is 0 Å². The van der Waals surface area contributed by atoms with Crippen LogP contribution in [0.2, 0.25) is 5.02 Å². The van der Waals surface area contributed by atoms with Crippen LogP contribution in [-0.4, -0.2) is 38.2 Å². The average Bonchev–Trinajstić information content (AvgIpc) is 3.48. The van der Waals surface area contributed by atoms with Crippen molar-refractivity contribution in [3.63, 3.8) is 0 Å². The maximum atomic E-state index is 5.88. The molecule has 3 aromatic heterocycles. The van der Waals surface area contributed by atoms with E-state index >= 15 is 0 Å². The van der Waals surface area contributed by atoms with E-state index in [2.05, 4.69) is 20.0 Å². The lowest BCUT2D eigenvalue weighted by Crippen LogP contribution is -2.10. The fourth-order valence-corrected chi connectivity index (χ4v) is 6.20. The molecule has 0 amide bonds. The van der Waals surface area contributed by atoms with Crippen molar-refractivity contribution in [2.75, 3.05) is 38.0 Å². The molecule has 0 atom stereocenters. The molecule has 12 heteroatoms. The Bertz CT molecular complexity index is 1210. The quantitative estimate of drug-likeness (QED) is 0.347. The lowest BCUT2D eigenvalue weighted by molar-refractivity contribution is 0.511. The molecule has 0 fully saturated rings. The summed E-state index contributed by atoms with van der Waals surface area (Å²) in [5.41, 5.74) is 0.833. The summed E-state index contributed by atoms with van der Waals surface area (Å²) in [5.74, 6) is 0.863. The van der Waals surface area contributed by atoms with Crippen LogP contribution in [-0.2, 0) is 6.54 Å². The summed E-state index contributed by atoms with van der Waals surface area (Å²) in [6, 6.07) is 11.2. The molecule has 0 bridgehead atoms. The highest BCUT2D eigenvalue weighted by molar-refractivity contribution is 7.70. The van der Waals surface area contributed by atoms with Gasteiger partial charge in [-0.3, -0.25) is 0 Å². The Morgan fingerprint density at radius 2 is 1.58 bits per heavy atom. The number of anilines is 2. The van der Waals surface area contributed by atoms with E-state index in [-0.39, 0.29) is 0 Å². The molecule has 0 spiro atoms. The summed E-state index contributed by atoms with van der Waals surface area (Å²) in [6.45, 7) is 0.556. The molecule has 0 aliphatic heterocycles. The van der Waals surface area contributed by atoms with Crippen LogP contribution in [0.3, 0.4) is 0 Å². The monoisotopic (exact) mass is 512 g/mol.